The second kappa shape index (κ2) is 17.4. The molecule has 2 saturated carbocycles. The zero-order valence-electron chi connectivity index (χ0n) is 32.8. The van der Waals surface area contributed by atoms with Crippen molar-refractivity contribution in [2.75, 3.05) is 18.5 Å². The SMILES string of the molecule is CCOc1cnc(-c2cc(=O)n(-c3ccc(Cl)c(C(=N)NSC4CC4)c3NCC(F)F)c(C(Cc3cc(F)cc(F)c3)NC(=O)Cn3nc(C(F)F)c4c3C(F)(F)C3C[C@H]43)n2)nc1. The first-order valence-electron chi connectivity index (χ1n) is 19.5. The Morgan fingerprint density at radius 2 is 1.79 bits per heavy atom. The van der Waals surface area contributed by atoms with E-state index in [1.807, 2.05) is 0 Å². The van der Waals surface area contributed by atoms with Crippen molar-refractivity contribution < 1.29 is 44.7 Å². The minimum absolute atomic E-state index is 0.0308. The Morgan fingerprint density at radius 3 is 2.44 bits per heavy atom. The van der Waals surface area contributed by atoms with Gasteiger partial charge < -0.3 is 20.1 Å². The molecule has 13 nitrogen and oxygen atoms in total. The number of anilines is 1. The second-order valence-corrected chi connectivity index (χ2v) is 16.5. The van der Waals surface area contributed by atoms with E-state index in [1.54, 1.807) is 6.92 Å². The van der Waals surface area contributed by atoms with Crippen LogP contribution in [0.5, 0.6) is 5.75 Å². The molecule has 8 rings (SSSR count). The van der Waals surface area contributed by atoms with Crippen molar-refractivity contribution in [3.05, 3.63) is 110 Å². The van der Waals surface area contributed by atoms with Crippen LogP contribution in [0, 0.1) is 23.0 Å². The Balaban J connectivity index is 1.30. The summed E-state index contributed by atoms with van der Waals surface area (Å²) in [5.74, 6) is -9.50. The molecule has 3 atom stereocenters. The molecule has 2 aromatic carbocycles. The number of aromatic nitrogens is 6. The number of nitrogens with one attached hydrogen (secondary N) is 4. The van der Waals surface area contributed by atoms with Crippen LogP contribution in [0.1, 0.15) is 78.5 Å². The number of amidine groups is 1. The summed E-state index contributed by atoms with van der Waals surface area (Å²) in [6.07, 6.45) is -2.46. The van der Waals surface area contributed by atoms with Crippen molar-refractivity contribution in [2.45, 2.75) is 75.1 Å². The van der Waals surface area contributed by atoms with Gasteiger partial charge in [0.05, 0.1) is 53.5 Å². The number of rotatable bonds is 17. The van der Waals surface area contributed by atoms with E-state index < -0.39 is 96.5 Å². The lowest BCUT2D eigenvalue weighted by Crippen LogP contribution is -2.38. The molecule has 3 aliphatic carbocycles. The van der Waals surface area contributed by atoms with Crippen LogP contribution in [0.15, 0.2) is 53.6 Å². The molecule has 332 valence electrons. The number of hydrogen-bond acceptors (Lipinski definition) is 10. The number of benzene rings is 2. The molecule has 2 fully saturated rings. The number of halogens is 9. The van der Waals surface area contributed by atoms with Gasteiger partial charge in [0.2, 0.25) is 5.91 Å². The van der Waals surface area contributed by atoms with E-state index >= 15 is 8.78 Å². The van der Waals surface area contributed by atoms with Crippen LogP contribution in [0.2, 0.25) is 5.02 Å². The van der Waals surface area contributed by atoms with Gasteiger partial charge in [-0.3, -0.25) is 24.2 Å². The van der Waals surface area contributed by atoms with Crippen molar-refractivity contribution >= 4 is 41.0 Å². The lowest BCUT2D eigenvalue weighted by Gasteiger charge is -2.26. The van der Waals surface area contributed by atoms with Gasteiger partial charge in [0.25, 0.3) is 24.3 Å². The highest BCUT2D eigenvalue weighted by Crippen LogP contribution is 2.68. The molecule has 0 radical (unpaired) electrons. The fraction of sp³-hybridized carbons (Fsp3) is 0.375. The van der Waals surface area contributed by atoms with Crippen molar-refractivity contribution in [1.29, 1.82) is 5.41 Å². The topological polar surface area (TPSA) is 165 Å². The molecular formula is C40H35ClF8N10O3S. The number of alkyl halides is 6. The fourth-order valence-electron chi connectivity index (χ4n) is 7.64. The van der Waals surface area contributed by atoms with Crippen LogP contribution in [0.4, 0.5) is 40.8 Å². The average Bonchev–Trinajstić information content (AvgIpc) is 4.15. The highest BCUT2D eigenvalue weighted by molar-refractivity contribution is 7.98. The zero-order valence-corrected chi connectivity index (χ0v) is 34.3. The van der Waals surface area contributed by atoms with Gasteiger partial charge in [0.1, 0.15) is 46.9 Å². The van der Waals surface area contributed by atoms with E-state index in [0.29, 0.717) is 10.7 Å². The summed E-state index contributed by atoms with van der Waals surface area (Å²) in [6.45, 7) is -0.0491. The van der Waals surface area contributed by atoms with E-state index in [-0.39, 0.29) is 74.5 Å². The quantitative estimate of drug-likeness (QED) is 0.0312. The Bertz CT molecular complexity index is 2630. The maximum absolute atomic E-state index is 15.5. The monoisotopic (exact) mass is 922 g/mol. The van der Waals surface area contributed by atoms with E-state index in [0.717, 1.165) is 35.6 Å². The summed E-state index contributed by atoms with van der Waals surface area (Å²) in [6, 6.07) is 4.32. The van der Waals surface area contributed by atoms with Gasteiger partial charge in [-0.05, 0) is 73.9 Å². The third-order valence-electron chi connectivity index (χ3n) is 10.5. The third kappa shape index (κ3) is 9.04. The van der Waals surface area contributed by atoms with Crippen molar-refractivity contribution in [2.24, 2.45) is 5.92 Å². The first-order valence-corrected chi connectivity index (χ1v) is 20.8. The minimum atomic E-state index is -3.58. The fourth-order valence-corrected chi connectivity index (χ4v) is 8.65. The lowest BCUT2D eigenvalue weighted by molar-refractivity contribution is -0.123. The van der Waals surface area contributed by atoms with Gasteiger partial charge in [-0.15, -0.1) is 0 Å². The lowest BCUT2D eigenvalue weighted by atomic mass is 10.0. The van der Waals surface area contributed by atoms with Crippen molar-refractivity contribution in [1.82, 2.24) is 39.3 Å². The molecule has 3 aliphatic rings. The number of carbonyl (C=O) groups excluding carboxylic acids is 1. The summed E-state index contributed by atoms with van der Waals surface area (Å²) in [7, 11) is 0. The molecule has 0 aliphatic heterocycles. The standard InChI is InChI=1S/C40H35ClF8N10O3S/c1-2-62-20-13-52-38(53-14-20)25-12-30(61)59(27-6-5-24(41)32(33(27)51-15-28(44)45)37(50)57-63-21-3-4-21)39(55-25)26(9-17-7-18(42)10-19(43)8-17)54-29(60)16-58-35-31(34(56-58)36(46)47)22-11-23(22)40(35,48)49/h5-8,10,12-14,21-23,26,28,36,51H,2-4,9,11,15-16H2,1H3,(H2,50,57)(H,54,60)/t22-,23?,26?/m0/s1. The number of nitrogens with zero attached hydrogens (tertiary/aromatic N) is 6. The maximum Gasteiger partial charge on any atom is 0.293 e. The number of carbonyl (C=O) groups is 1. The summed E-state index contributed by atoms with van der Waals surface area (Å²) in [5, 5.41) is 17.8. The zero-order chi connectivity index (χ0) is 44.9. The number of ether oxygens (including phenoxy) is 1. The van der Waals surface area contributed by atoms with E-state index in [9.17, 15) is 35.9 Å². The average molecular weight is 923 g/mol. The largest absolute Gasteiger partial charge is 0.491 e. The van der Waals surface area contributed by atoms with Crippen LogP contribution in [0.3, 0.4) is 0 Å². The predicted octanol–water partition coefficient (Wildman–Crippen LogP) is 7.87. The molecule has 0 spiro atoms. The molecule has 3 aromatic heterocycles. The molecule has 3 heterocycles. The normalized spacial score (nSPS) is 17.7. The van der Waals surface area contributed by atoms with E-state index in [1.165, 1.54) is 36.5 Å². The van der Waals surface area contributed by atoms with E-state index in [2.05, 4.69) is 35.4 Å². The van der Waals surface area contributed by atoms with Crippen molar-refractivity contribution in [3.63, 3.8) is 0 Å². The third-order valence-corrected chi connectivity index (χ3v) is 11.9. The van der Waals surface area contributed by atoms with Gasteiger partial charge in [0, 0.05) is 35.3 Å². The van der Waals surface area contributed by atoms with Gasteiger partial charge in [-0.2, -0.15) is 13.9 Å². The van der Waals surface area contributed by atoms with Gasteiger partial charge in [-0.1, -0.05) is 11.6 Å². The van der Waals surface area contributed by atoms with Crippen LogP contribution in [0.25, 0.3) is 17.2 Å². The highest BCUT2D eigenvalue weighted by Gasteiger charge is 2.67. The van der Waals surface area contributed by atoms with Gasteiger partial charge >= 0.3 is 0 Å². The number of amides is 1. The van der Waals surface area contributed by atoms with Gasteiger partial charge in [-0.25, -0.2) is 41.3 Å². The molecule has 0 saturated heterocycles. The Kier molecular flexibility index (Phi) is 12.1. The summed E-state index contributed by atoms with van der Waals surface area (Å²) in [4.78, 5) is 41.8. The number of hydrogen-bond donors (Lipinski definition) is 4. The van der Waals surface area contributed by atoms with Crippen LogP contribution in [-0.4, -0.2) is 65.9 Å². The van der Waals surface area contributed by atoms with Gasteiger partial charge in [0.15, 0.2) is 11.6 Å². The second-order valence-electron chi connectivity index (χ2n) is 15.0. The molecule has 1 amide bonds. The first kappa shape index (κ1) is 43.9. The number of fused-ring (bicyclic) bond motifs is 3. The Morgan fingerprint density at radius 1 is 1.08 bits per heavy atom. The predicted molar refractivity (Wildman–Crippen MR) is 215 cm³/mol. The maximum atomic E-state index is 15.5. The molecule has 0 bridgehead atoms. The molecule has 4 N–H and O–H groups in total. The summed E-state index contributed by atoms with van der Waals surface area (Å²) >= 11 is 7.81. The molecule has 23 heteroatoms. The molecule has 63 heavy (non-hydrogen) atoms. The van der Waals surface area contributed by atoms with E-state index in [4.69, 9.17) is 21.7 Å². The molecule has 2 unspecified atom stereocenters. The molecular weight excluding hydrogens is 888 g/mol. The van der Waals surface area contributed by atoms with Crippen LogP contribution < -0.4 is 25.7 Å². The Labute approximate surface area is 361 Å². The Hall–Kier alpha value is -5.77. The molecule has 5 aromatic rings. The van der Waals surface area contributed by atoms with Crippen LogP contribution >= 0.6 is 23.5 Å². The summed E-state index contributed by atoms with van der Waals surface area (Å²) < 4.78 is 126. The minimum Gasteiger partial charge on any atom is -0.491 e. The summed E-state index contributed by atoms with van der Waals surface area (Å²) in [5.41, 5.74) is -3.90. The van der Waals surface area contributed by atoms with Crippen LogP contribution in [-0.2, 0) is 23.7 Å². The first-order chi connectivity index (χ1) is 30.0. The smallest absolute Gasteiger partial charge is 0.293 e. The van der Waals surface area contributed by atoms with Crippen molar-refractivity contribution in [3.8, 4) is 23.0 Å². The highest BCUT2D eigenvalue weighted by atomic mass is 35.5.